The molecular weight excluding hydrogens is 410 g/mol. The number of hydrogen-bond donors (Lipinski definition) is 1. The van der Waals surface area contributed by atoms with Gasteiger partial charge < -0.3 is 14.5 Å². The molecule has 1 amide bonds. The van der Waals surface area contributed by atoms with E-state index in [2.05, 4.69) is 21.2 Å². The molecule has 1 N–H and O–H groups in total. The van der Waals surface area contributed by atoms with Crippen molar-refractivity contribution < 1.29 is 18.7 Å². The molecule has 0 unspecified atom stereocenters. The molecule has 3 rings (SSSR count). The van der Waals surface area contributed by atoms with E-state index in [1.54, 1.807) is 50.2 Å². The van der Waals surface area contributed by atoms with Crippen molar-refractivity contribution in [3.63, 3.8) is 0 Å². The first-order valence-electron chi connectivity index (χ1n) is 8.40. The minimum Gasteiger partial charge on any atom is -0.459 e. The van der Waals surface area contributed by atoms with Crippen LogP contribution in [-0.2, 0) is 4.74 Å². The van der Waals surface area contributed by atoms with E-state index in [1.807, 2.05) is 24.3 Å². The molecule has 5 nitrogen and oxygen atoms in total. The van der Waals surface area contributed by atoms with Crippen LogP contribution in [0.1, 0.15) is 34.8 Å². The Bertz CT molecular complexity index is 943. The molecular formula is C21H18BrNO4. The Balaban J connectivity index is 1.67. The van der Waals surface area contributed by atoms with Gasteiger partial charge in [0, 0.05) is 15.7 Å². The number of anilines is 1. The molecule has 0 radical (unpaired) electrons. The number of ether oxygens (including phenoxy) is 1. The summed E-state index contributed by atoms with van der Waals surface area (Å²) in [5, 5.41) is 2.75. The summed E-state index contributed by atoms with van der Waals surface area (Å²) >= 11 is 3.39. The number of carbonyl (C=O) groups excluding carboxylic acids is 2. The second-order valence-electron chi connectivity index (χ2n) is 6.16. The summed E-state index contributed by atoms with van der Waals surface area (Å²) in [6.45, 7) is 3.58. The van der Waals surface area contributed by atoms with Gasteiger partial charge in [0.25, 0.3) is 5.91 Å². The summed E-state index contributed by atoms with van der Waals surface area (Å²) in [6.07, 6.45) is -0.184. The first-order chi connectivity index (χ1) is 12.9. The lowest BCUT2D eigenvalue weighted by Crippen LogP contribution is -2.13. The van der Waals surface area contributed by atoms with E-state index >= 15 is 0 Å². The van der Waals surface area contributed by atoms with Crippen LogP contribution >= 0.6 is 15.9 Å². The van der Waals surface area contributed by atoms with Gasteiger partial charge in [0.05, 0.1) is 11.7 Å². The van der Waals surface area contributed by atoms with Crippen LogP contribution in [0.15, 0.2) is 69.6 Å². The van der Waals surface area contributed by atoms with Gasteiger partial charge in [-0.2, -0.15) is 0 Å². The summed E-state index contributed by atoms with van der Waals surface area (Å²) in [7, 11) is 0. The summed E-state index contributed by atoms with van der Waals surface area (Å²) in [6, 6.07) is 17.5. The van der Waals surface area contributed by atoms with Crippen molar-refractivity contribution in [2.75, 3.05) is 5.32 Å². The fourth-order valence-electron chi connectivity index (χ4n) is 2.39. The standard InChI is InChI=1S/C21H18BrNO4/c1-13(2)26-21(25)15-5-9-17(10-6-15)23-20(24)19-12-11-18(27-19)14-3-7-16(22)8-4-14/h3-13H,1-2H3,(H,23,24). The van der Waals surface area contributed by atoms with Gasteiger partial charge >= 0.3 is 5.97 Å². The highest BCUT2D eigenvalue weighted by Gasteiger charge is 2.14. The van der Waals surface area contributed by atoms with E-state index in [-0.39, 0.29) is 17.8 Å². The van der Waals surface area contributed by atoms with Crippen LogP contribution in [0.2, 0.25) is 0 Å². The zero-order valence-corrected chi connectivity index (χ0v) is 16.4. The largest absolute Gasteiger partial charge is 0.459 e. The quantitative estimate of drug-likeness (QED) is 0.543. The minimum absolute atomic E-state index is 0.184. The summed E-state index contributed by atoms with van der Waals surface area (Å²) < 4.78 is 11.8. The molecule has 1 heterocycles. The summed E-state index contributed by atoms with van der Waals surface area (Å²) in [5.41, 5.74) is 1.87. The summed E-state index contributed by atoms with van der Waals surface area (Å²) in [4.78, 5) is 24.2. The Labute approximate surface area is 165 Å². The number of hydrogen-bond acceptors (Lipinski definition) is 4. The second-order valence-corrected chi connectivity index (χ2v) is 7.07. The molecule has 6 heteroatoms. The topological polar surface area (TPSA) is 68.5 Å². The number of carbonyl (C=O) groups is 2. The molecule has 0 spiro atoms. The van der Waals surface area contributed by atoms with Crippen LogP contribution in [0.25, 0.3) is 11.3 Å². The van der Waals surface area contributed by atoms with Crippen LogP contribution in [0.3, 0.4) is 0 Å². The molecule has 0 fully saturated rings. The third-order valence-electron chi connectivity index (χ3n) is 3.68. The number of amides is 1. The Morgan fingerprint density at radius 3 is 2.26 bits per heavy atom. The van der Waals surface area contributed by atoms with Crippen molar-refractivity contribution in [2.24, 2.45) is 0 Å². The van der Waals surface area contributed by atoms with E-state index in [1.165, 1.54) is 0 Å². The summed E-state index contributed by atoms with van der Waals surface area (Å²) in [5.74, 6) is 0.0551. The van der Waals surface area contributed by atoms with E-state index < -0.39 is 5.97 Å². The van der Waals surface area contributed by atoms with Gasteiger partial charge in [0.1, 0.15) is 5.76 Å². The smallest absolute Gasteiger partial charge is 0.338 e. The molecule has 3 aromatic rings. The molecule has 0 aliphatic carbocycles. The minimum atomic E-state index is -0.395. The van der Waals surface area contributed by atoms with Gasteiger partial charge in [-0.25, -0.2) is 4.79 Å². The Morgan fingerprint density at radius 2 is 1.63 bits per heavy atom. The fourth-order valence-corrected chi connectivity index (χ4v) is 2.66. The van der Waals surface area contributed by atoms with Crippen molar-refractivity contribution in [3.05, 3.63) is 76.5 Å². The average molecular weight is 428 g/mol. The maximum absolute atomic E-state index is 12.4. The maximum atomic E-state index is 12.4. The highest BCUT2D eigenvalue weighted by Crippen LogP contribution is 2.24. The Morgan fingerprint density at radius 1 is 0.963 bits per heavy atom. The average Bonchev–Trinajstić information content (AvgIpc) is 3.12. The van der Waals surface area contributed by atoms with Gasteiger partial charge in [-0.15, -0.1) is 0 Å². The SMILES string of the molecule is CC(C)OC(=O)c1ccc(NC(=O)c2ccc(-c3ccc(Br)cc3)o2)cc1. The predicted octanol–water partition coefficient (Wildman–Crippen LogP) is 5.53. The molecule has 0 aliphatic rings. The van der Waals surface area contributed by atoms with Crippen molar-refractivity contribution in [2.45, 2.75) is 20.0 Å². The second kappa shape index (κ2) is 8.22. The number of halogens is 1. The predicted molar refractivity (Wildman–Crippen MR) is 107 cm³/mol. The zero-order chi connectivity index (χ0) is 19.4. The highest BCUT2D eigenvalue weighted by atomic mass is 79.9. The van der Waals surface area contributed by atoms with Crippen LogP contribution in [0, 0.1) is 0 Å². The molecule has 0 saturated heterocycles. The number of furan rings is 1. The van der Waals surface area contributed by atoms with E-state index in [0.29, 0.717) is 17.0 Å². The Kier molecular flexibility index (Phi) is 5.76. The van der Waals surface area contributed by atoms with Crippen molar-refractivity contribution in [1.29, 1.82) is 0 Å². The normalized spacial score (nSPS) is 10.7. The lowest BCUT2D eigenvalue weighted by Gasteiger charge is -2.08. The van der Waals surface area contributed by atoms with Crippen LogP contribution in [-0.4, -0.2) is 18.0 Å². The molecule has 2 aromatic carbocycles. The first kappa shape index (κ1) is 18.9. The molecule has 1 aromatic heterocycles. The molecule has 0 saturated carbocycles. The Hall–Kier alpha value is -2.86. The van der Waals surface area contributed by atoms with Crippen LogP contribution in [0.5, 0.6) is 0 Å². The molecule has 0 atom stereocenters. The molecule has 27 heavy (non-hydrogen) atoms. The van der Waals surface area contributed by atoms with Gasteiger partial charge in [-0.3, -0.25) is 4.79 Å². The molecule has 0 bridgehead atoms. The third kappa shape index (κ3) is 4.86. The van der Waals surface area contributed by atoms with Gasteiger partial charge in [-0.1, -0.05) is 28.1 Å². The monoisotopic (exact) mass is 427 g/mol. The zero-order valence-electron chi connectivity index (χ0n) is 14.9. The van der Waals surface area contributed by atoms with Crippen LogP contribution < -0.4 is 5.32 Å². The first-order valence-corrected chi connectivity index (χ1v) is 9.20. The third-order valence-corrected chi connectivity index (χ3v) is 4.21. The number of esters is 1. The van der Waals surface area contributed by atoms with E-state index in [9.17, 15) is 9.59 Å². The van der Waals surface area contributed by atoms with E-state index in [4.69, 9.17) is 9.15 Å². The number of rotatable bonds is 5. The molecule has 138 valence electrons. The number of benzene rings is 2. The lowest BCUT2D eigenvalue weighted by molar-refractivity contribution is 0.0378. The molecule has 0 aliphatic heterocycles. The lowest BCUT2D eigenvalue weighted by atomic mass is 10.2. The van der Waals surface area contributed by atoms with Crippen molar-refractivity contribution >= 4 is 33.5 Å². The van der Waals surface area contributed by atoms with Crippen molar-refractivity contribution in [3.8, 4) is 11.3 Å². The van der Waals surface area contributed by atoms with Crippen LogP contribution in [0.4, 0.5) is 5.69 Å². The highest BCUT2D eigenvalue weighted by molar-refractivity contribution is 9.10. The maximum Gasteiger partial charge on any atom is 0.338 e. The van der Waals surface area contributed by atoms with Gasteiger partial charge in [-0.05, 0) is 62.4 Å². The fraction of sp³-hybridized carbons (Fsp3) is 0.143. The van der Waals surface area contributed by atoms with Crippen molar-refractivity contribution in [1.82, 2.24) is 0 Å². The van der Waals surface area contributed by atoms with E-state index in [0.717, 1.165) is 10.0 Å². The van der Waals surface area contributed by atoms with Gasteiger partial charge in [0.2, 0.25) is 0 Å². The number of nitrogens with one attached hydrogen (secondary N) is 1. The van der Waals surface area contributed by atoms with Gasteiger partial charge in [0.15, 0.2) is 5.76 Å².